The first-order chi connectivity index (χ1) is 36.1. The average molecular weight is 1060 g/mol. The number of hydrogen-bond acceptors (Lipinski definition) is 13. The summed E-state index contributed by atoms with van der Waals surface area (Å²) in [5.74, 6) is -1.94. The van der Waals surface area contributed by atoms with Crippen LogP contribution in [-0.4, -0.2) is 116 Å². The summed E-state index contributed by atoms with van der Waals surface area (Å²) in [5.41, 5.74) is -10.1. The Morgan fingerprint density at radius 2 is 1.03 bits per heavy atom. The highest BCUT2D eigenvalue weighted by Gasteiger charge is 2.75. The van der Waals surface area contributed by atoms with Crippen molar-refractivity contribution < 1.29 is 74.2 Å². The fraction of sp³-hybridized carbons (Fsp3) is 0.379. The maximum absolute atomic E-state index is 14.5. The fourth-order valence-corrected chi connectivity index (χ4v) is 11.0. The van der Waals surface area contributed by atoms with Crippen molar-refractivity contribution in [3.8, 4) is 0 Å². The summed E-state index contributed by atoms with van der Waals surface area (Å²) in [5, 5.41) is 41.5. The topological polar surface area (TPSA) is 169 Å². The number of aliphatic hydroxyl groups excluding tert-OH is 1. The maximum Gasteiger partial charge on any atom is 0.523 e. The minimum absolute atomic E-state index is 0.0157. The predicted octanol–water partition coefficient (Wildman–Crippen LogP) is 7.93. The number of methoxy groups -OCH3 is 2. The van der Waals surface area contributed by atoms with Crippen LogP contribution in [0.2, 0.25) is 0 Å². The fourth-order valence-electron chi connectivity index (χ4n) is 10.5. The molecule has 0 amide bonds. The summed E-state index contributed by atoms with van der Waals surface area (Å²) in [6.07, 6.45) is -12.1. The van der Waals surface area contributed by atoms with Gasteiger partial charge in [0.25, 0.3) is 0 Å². The molecule has 1 unspecified atom stereocenters. The number of rotatable bonds is 23. The normalized spacial score (nSPS) is 27.7. The van der Waals surface area contributed by atoms with Crippen molar-refractivity contribution in [2.45, 2.75) is 104 Å². The highest BCUT2D eigenvalue weighted by molar-refractivity contribution is 7.87. The van der Waals surface area contributed by atoms with Gasteiger partial charge in [-0.1, -0.05) is 182 Å². The van der Waals surface area contributed by atoms with Crippen LogP contribution in [0.3, 0.4) is 0 Å². The van der Waals surface area contributed by atoms with Crippen LogP contribution in [0, 0.1) is 5.92 Å². The van der Waals surface area contributed by atoms with Crippen LogP contribution in [0.5, 0.6) is 0 Å². The molecule has 2 saturated heterocycles. The second-order valence-corrected chi connectivity index (χ2v) is 20.6. The zero-order valence-electron chi connectivity index (χ0n) is 41.6. The van der Waals surface area contributed by atoms with E-state index in [-0.39, 0.29) is 32.8 Å². The Labute approximate surface area is 435 Å². The molecular weight excluding hydrogens is 994 g/mol. The number of halogens is 3. The van der Waals surface area contributed by atoms with Crippen molar-refractivity contribution in [2.75, 3.05) is 27.4 Å². The minimum atomic E-state index is -6.35. The number of aliphatic hydroxyl groups is 3. The van der Waals surface area contributed by atoms with E-state index in [1.807, 2.05) is 91.0 Å². The molecule has 2 heterocycles. The van der Waals surface area contributed by atoms with Gasteiger partial charge in [0.15, 0.2) is 11.9 Å². The zero-order valence-corrected chi connectivity index (χ0v) is 42.4. The molecule has 13 nitrogen and oxygen atoms in total. The van der Waals surface area contributed by atoms with Crippen LogP contribution in [0.15, 0.2) is 182 Å². The average Bonchev–Trinajstić information content (AvgIpc) is 3.45. The minimum Gasteiger partial charge on any atom is -0.390 e. The monoisotopic (exact) mass is 1060 g/mol. The van der Waals surface area contributed by atoms with Crippen molar-refractivity contribution in [3.05, 3.63) is 215 Å². The first-order valence-corrected chi connectivity index (χ1v) is 26.0. The summed E-state index contributed by atoms with van der Waals surface area (Å²) in [6, 6.07) is 53.3. The summed E-state index contributed by atoms with van der Waals surface area (Å²) < 4.78 is 121. The van der Waals surface area contributed by atoms with Crippen molar-refractivity contribution in [1.29, 1.82) is 0 Å². The van der Waals surface area contributed by atoms with Gasteiger partial charge in [-0.25, -0.2) is 0 Å². The zero-order chi connectivity index (χ0) is 53.1. The molecule has 0 spiro atoms. The Bertz CT molecular complexity index is 2770. The smallest absolute Gasteiger partial charge is 0.390 e. The molecule has 2 aliphatic heterocycles. The number of benzene rings is 6. The van der Waals surface area contributed by atoms with Crippen molar-refractivity contribution in [1.82, 2.24) is 0 Å². The van der Waals surface area contributed by atoms with Gasteiger partial charge in [-0.2, -0.15) is 21.6 Å². The van der Waals surface area contributed by atoms with Crippen LogP contribution in [0.4, 0.5) is 13.2 Å². The van der Waals surface area contributed by atoms with E-state index < -0.39 is 101 Å². The number of ether oxygens (including phenoxy) is 7. The van der Waals surface area contributed by atoms with E-state index in [0.717, 1.165) is 11.1 Å². The second-order valence-electron chi connectivity index (χ2n) is 19.0. The third-order valence-electron chi connectivity index (χ3n) is 14.2. The van der Waals surface area contributed by atoms with E-state index in [0.29, 0.717) is 22.3 Å². The molecule has 400 valence electrons. The van der Waals surface area contributed by atoms with Crippen LogP contribution >= 0.6 is 0 Å². The molecule has 17 heteroatoms. The van der Waals surface area contributed by atoms with Gasteiger partial charge in [0.05, 0.1) is 45.2 Å². The van der Waals surface area contributed by atoms with E-state index in [4.69, 9.17) is 37.3 Å². The molecular formula is C58H63F3O13S. The van der Waals surface area contributed by atoms with Crippen molar-refractivity contribution >= 4 is 10.1 Å². The SMILES string of the molecule is CO[C@H]1O[C@H](COCc2ccccc2)[C@](OC)([C@@H]2O[C@H](C(O)Cc3ccccc3)[C@@H](COS(=O)(=O)C(F)(F)F)[C@@](O)(Cc3ccccc3)[C@]2(O)Cc2ccccc2)[C@H](OCc2ccccc2)[C@H]1OCc1ccccc1. The van der Waals surface area contributed by atoms with Crippen LogP contribution in [-0.2, 0) is 86.5 Å². The number of alkyl halides is 3. The molecule has 6 aromatic carbocycles. The number of hydrogen-bond donors (Lipinski definition) is 3. The van der Waals surface area contributed by atoms with Crippen LogP contribution in [0.25, 0.3) is 0 Å². The van der Waals surface area contributed by atoms with E-state index in [2.05, 4.69) is 0 Å². The molecule has 0 aromatic heterocycles. The third kappa shape index (κ3) is 12.6. The van der Waals surface area contributed by atoms with Crippen LogP contribution < -0.4 is 0 Å². The van der Waals surface area contributed by atoms with Gasteiger partial charge < -0.3 is 48.5 Å². The molecule has 2 fully saturated rings. The largest absolute Gasteiger partial charge is 0.523 e. The molecule has 3 N–H and O–H groups in total. The Morgan fingerprint density at radius 1 is 0.587 bits per heavy atom. The van der Waals surface area contributed by atoms with Crippen molar-refractivity contribution in [3.63, 3.8) is 0 Å². The van der Waals surface area contributed by atoms with E-state index >= 15 is 0 Å². The van der Waals surface area contributed by atoms with E-state index in [1.54, 1.807) is 91.0 Å². The van der Waals surface area contributed by atoms with Gasteiger partial charge in [-0.3, -0.25) is 4.18 Å². The summed E-state index contributed by atoms with van der Waals surface area (Å²) >= 11 is 0. The molecule has 8 rings (SSSR count). The first kappa shape index (κ1) is 55.8. The lowest BCUT2D eigenvalue weighted by atomic mass is 9.57. The van der Waals surface area contributed by atoms with Gasteiger partial charge in [-0.15, -0.1) is 0 Å². The van der Waals surface area contributed by atoms with E-state index in [9.17, 15) is 36.9 Å². The standard InChI is InChI=1S/C58H63F3O13S/c1-67-53-51(70-37-45-29-17-7-18-30-45)52(71-38-46-31-19-8-20-32-46)57(68-2,49(73-53)40-69-36-44-27-15-6-16-28-44)54-56(64,35-43-25-13-5-14-26-43)55(63,34-42-23-11-4-12-24-42)47(39-72-75(65,66)58(59,60)61)50(74-54)48(62)33-41-21-9-3-10-22-41/h3-32,47-54,62-64H,33-40H2,1-2H3/t47-,48?,49-,50+,51-,52-,53+,54-,55+,56+,57-/m1/s1. The quantitative estimate of drug-likeness (QED) is 0.0419. The molecule has 75 heavy (non-hydrogen) atoms. The predicted molar refractivity (Wildman–Crippen MR) is 271 cm³/mol. The van der Waals surface area contributed by atoms with Gasteiger partial charge in [0.2, 0.25) is 0 Å². The Hall–Kier alpha value is -5.38. The second kappa shape index (κ2) is 24.7. The lowest BCUT2D eigenvalue weighted by molar-refractivity contribution is -0.411. The highest BCUT2D eigenvalue weighted by atomic mass is 32.2. The molecule has 2 aliphatic rings. The molecule has 0 saturated carbocycles. The molecule has 11 atom stereocenters. The summed E-state index contributed by atoms with van der Waals surface area (Å²) in [4.78, 5) is 0. The third-order valence-corrected chi connectivity index (χ3v) is 15.2. The van der Waals surface area contributed by atoms with Gasteiger partial charge in [0.1, 0.15) is 35.6 Å². The van der Waals surface area contributed by atoms with Crippen LogP contribution in [0.1, 0.15) is 33.4 Å². The first-order valence-electron chi connectivity index (χ1n) is 24.6. The Morgan fingerprint density at radius 3 is 1.49 bits per heavy atom. The highest BCUT2D eigenvalue weighted by Crippen LogP contribution is 2.55. The molecule has 6 aromatic rings. The van der Waals surface area contributed by atoms with Crippen molar-refractivity contribution in [2.24, 2.45) is 5.92 Å². The lowest BCUT2D eigenvalue weighted by Crippen LogP contribution is -2.85. The summed E-state index contributed by atoms with van der Waals surface area (Å²) in [7, 11) is -3.58. The molecule has 0 aliphatic carbocycles. The Kier molecular flexibility index (Phi) is 18.4. The Balaban J connectivity index is 1.40. The van der Waals surface area contributed by atoms with Gasteiger partial charge >= 0.3 is 15.6 Å². The molecule has 0 bridgehead atoms. The van der Waals surface area contributed by atoms with E-state index in [1.165, 1.54) is 14.2 Å². The van der Waals surface area contributed by atoms with Gasteiger partial charge in [-0.05, 0) is 33.4 Å². The summed E-state index contributed by atoms with van der Waals surface area (Å²) in [6.45, 7) is -1.78. The lowest BCUT2D eigenvalue weighted by Gasteiger charge is -2.65. The maximum atomic E-state index is 14.5. The molecule has 0 radical (unpaired) electrons. The van der Waals surface area contributed by atoms with Gasteiger partial charge in [0, 0.05) is 39.4 Å².